The Morgan fingerprint density at radius 1 is 0.652 bits per heavy atom. The van der Waals surface area contributed by atoms with Gasteiger partial charge in [-0.05, 0) is 50.5 Å². The van der Waals surface area contributed by atoms with Crippen LogP contribution in [-0.2, 0) is 65.1 Å². The number of hydrogen-bond acceptors (Lipinski definition) is 16. The van der Waals surface area contributed by atoms with E-state index in [1.807, 2.05) is 36.4 Å². The predicted octanol–water partition coefficient (Wildman–Crippen LogP) is 6.60. The molecular formula is C51H77N7O11. The molecule has 0 aliphatic heterocycles. The van der Waals surface area contributed by atoms with Crippen molar-refractivity contribution in [3.63, 3.8) is 0 Å². The third-order valence-corrected chi connectivity index (χ3v) is 10.5. The Labute approximate surface area is 408 Å². The molecule has 0 saturated heterocycles. The second-order valence-corrected chi connectivity index (χ2v) is 16.0. The Morgan fingerprint density at radius 3 is 1.72 bits per heavy atom. The molecule has 0 radical (unpaired) electrons. The number of carbonyl (C=O) groups excluding carboxylic acids is 1. The van der Waals surface area contributed by atoms with Crippen molar-refractivity contribution in [2.24, 2.45) is 4.99 Å². The van der Waals surface area contributed by atoms with Crippen molar-refractivity contribution in [2.75, 3.05) is 150 Å². The number of nitrogen functional groups attached to an aromatic ring is 1. The highest BCUT2D eigenvalue weighted by Gasteiger charge is 2.17. The SMILES string of the molecule is CCCCc1nc2c(N)nc3ccccc3c2n1CCCCCC(=NCCOCCOCCOCCOCCOCCOCCOCCOCCOCCOCCC(C)=O)Nc1cccc(C#N)c1. The molecule has 0 aliphatic carbocycles. The molecule has 0 amide bonds. The normalized spacial score (nSPS) is 11.8. The number of ether oxygens (including phenoxy) is 10. The van der Waals surface area contributed by atoms with E-state index in [2.05, 4.69) is 33.9 Å². The minimum atomic E-state index is 0.121. The van der Waals surface area contributed by atoms with Gasteiger partial charge in [0, 0.05) is 36.9 Å². The molecule has 4 aromatic rings. The number of hydrogen-bond donors (Lipinski definition) is 2. The van der Waals surface area contributed by atoms with Gasteiger partial charge in [-0.15, -0.1) is 0 Å². The fourth-order valence-electron chi connectivity index (χ4n) is 6.97. The van der Waals surface area contributed by atoms with Crippen LogP contribution in [0.3, 0.4) is 0 Å². The van der Waals surface area contributed by atoms with Gasteiger partial charge in [0.15, 0.2) is 5.82 Å². The third kappa shape index (κ3) is 24.7. The summed E-state index contributed by atoms with van der Waals surface area (Å²) in [6.07, 6.45) is 7.18. The minimum Gasteiger partial charge on any atom is -0.382 e. The monoisotopic (exact) mass is 964 g/mol. The van der Waals surface area contributed by atoms with Crippen LogP contribution in [0.25, 0.3) is 21.9 Å². The Kier molecular flexibility index (Phi) is 30.7. The lowest BCUT2D eigenvalue weighted by molar-refractivity contribution is -0.118. The zero-order chi connectivity index (χ0) is 48.8. The first-order valence-electron chi connectivity index (χ1n) is 24.6. The highest BCUT2D eigenvalue weighted by atomic mass is 16.6. The lowest BCUT2D eigenvalue weighted by atomic mass is 10.1. The molecule has 0 unspecified atom stereocenters. The van der Waals surface area contributed by atoms with Crippen molar-refractivity contribution in [3.05, 3.63) is 59.9 Å². The standard InChI is InChI=1S/C51H77N7O11/c1-3-4-16-48-57-49-50(45-13-7-8-14-46(45)56-51(49)53)58(48)19-9-5-6-15-47(55-44-12-10-11-43(40-44)41-52)54-18-21-61-23-25-63-27-29-65-31-33-67-35-37-69-39-38-68-36-34-66-32-30-64-28-26-62-24-22-60-20-17-42(2)59/h7-8,10-14,40H,3-6,9,15-39H2,1-2H3,(H2,53,56)(H,54,55). The number of nitriles is 1. The number of para-hydroxylation sites is 1. The number of aliphatic imine (C=N–C) groups is 1. The van der Waals surface area contributed by atoms with E-state index in [1.54, 1.807) is 13.0 Å². The first kappa shape index (κ1) is 56.9. The number of aryl methyl sites for hydroxylation is 2. The number of fused-ring (bicyclic) bond motifs is 3. The number of unbranched alkanes of at least 4 members (excludes halogenated alkanes) is 3. The number of rotatable bonds is 43. The Bertz CT molecular complexity index is 2060. The summed E-state index contributed by atoms with van der Waals surface area (Å²) >= 11 is 0. The highest BCUT2D eigenvalue weighted by Crippen LogP contribution is 2.30. The van der Waals surface area contributed by atoms with Crippen LogP contribution in [0.5, 0.6) is 0 Å². The molecule has 0 spiro atoms. The van der Waals surface area contributed by atoms with Crippen LogP contribution in [0.2, 0.25) is 0 Å². The zero-order valence-electron chi connectivity index (χ0n) is 41.1. The fourth-order valence-corrected chi connectivity index (χ4v) is 6.97. The number of anilines is 2. The molecule has 69 heavy (non-hydrogen) atoms. The van der Waals surface area contributed by atoms with Gasteiger partial charge in [0.05, 0.1) is 161 Å². The van der Waals surface area contributed by atoms with E-state index in [9.17, 15) is 10.1 Å². The first-order valence-corrected chi connectivity index (χ1v) is 24.6. The van der Waals surface area contributed by atoms with Gasteiger partial charge in [0.1, 0.15) is 23.0 Å². The second-order valence-electron chi connectivity index (χ2n) is 16.0. The molecule has 2 aromatic heterocycles. The van der Waals surface area contributed by atoms with Crippen LogP contribution >= 0.6 is 0 Å². The molecule has 382 valence electrons. The van der Waals surface area contributed by atoms with Gasteiger partial charge in [0.25, 0.3) is 0 Å². The van der Waals surface area contributed by atoms with Gasteiger partial charge in [-0.1, -0.05) is 44.0 Å². The van der Waals surface area contributed by atoms with Gasteiger partial charge >= 0.3 is 0 Å². The number of benzene rings is 2. The topological polar surface area (TPSA) is 214 Å². The van der Waals surface area contributed by atoms with Crippen molar-refractivity contribution in [1.29, 1.82) is 5.26 Å². The molecule has 0 bridgehead atoms. The molecule has 4 rings (SSSR count). The molecule has 2 heterocycles. The molecule has 18 heteroatoms. The van der Waals surface area contributed by atoms with Crippen LogP contribution in [-0.4, -0.2) is 165 Å². The van der Waals surface area contributed by atoms with Gasteiger partial charge in [0.2, 0.25) is 0 Å². The van der Waals surface area contributed by atoms with Crippen LogP contribution < -0.4 is 11.1 Å². The van der Waals surface area contributed by atoms with E-state index < -0.39 is 0 Å². The number of nitrogens with zero attached hydrogens (tertiary/aromatic N) is 5. The molecule has 0 saturated carbocycles. The average Bonchev–Trinajstić information content (AvgIpc) is 3.73. The molecule has 2 aromatic carbocycles. The van der Waals surface area contributed by atoms with Crippen LogP contribution in [0.1, 0.15) is 70.2 Å². The van der Waals surface area contributed by atoms with E-state index in [0.29, 0.717) is 156 Å². The number of imidazole rings is 1. The number of nitrogens with one attached hydrogen (secondary N) is 1. The second kappa shape index (κ2) is 37.2. The highest BCUT2D eigenvalue weighted by molar-refractivity contribution is 6.06. The molecule has 3 N–H and O–H groups in total. The van der Waals surface area contributed by atoms with Gasteiger partial charge in [-0.25, -0.2) is 9.97 Å². The van der Waals surface area contributed by atoms with Crippen molar-refractivity contribution < 1.29 is 52.2 Å². The van der Waals surface area contributed by atoms with Crippen LogP contribution in [0.15, 0.2) is 53.5 Å². The molecule has 0 atom stereocenters. The van der Waals surface area contributed by atoms with Crippen molar-refractivity contribution in [1.82, 2.24) is 14.5 Å². The van der Waals surface area contributed by atoms with E-state index in [4.69, 9.17) is 63.1 Å². The van der Waals surface area contributed by atoms with E-state index in [0.717, 1.165) is 90.8 Å². The number of pyridine rings is 1. The number of Topliss-reactive ketones (excluding diaryl/α,β-unsaturated/α-hetero) is 1. The minimum absolute atomic E-state index is 0.121. The number of carbonyl (C=O) groups is 1. The van der Waals surface area contributed by atoms with Crippen molar-refractivity contribution in [2.45, 2.75) is 71.8 Å². The fraction of sp³-hybridized carbons (Fsp3) is 0.627. The lowest BCUT2D eigenvalue weighted by Gasteiger charge is -2.13. The predicted molar refractivity (Wildman–Crippen MR) is 267 cm³/mol. The molecule has 0 aliphatic rings. The summed E-state index contributed by atoms with van der Waals surface area (Å²) in [5, 5.41) is 14.0. The van der Waals surface area contributed by atoms with E-state index >= 15 is 0 Å². The Morgan fingerprint density at radius 2 is 1.19 bits per heavy atom. The number of nitrogens with two attached hydrogens (primary N) is 1. The number of aromatic nitrogens is 3. The van der Waals surface area contributed by atoms with Crippen molar-refractivity contribution in [3.8, 4) is 6.07 Å². The maximum atomic E-state index is 10.8. The summed E-state index contributed by atoms with van der Waals surface area (Å²) in [7, 11) is 0. The Balaban J connectivity index is 0.968. The number of amidine groups is 1. The zero-order valence-corrected chi connectivity index (χ0v) is 41.1. The molecular weight excluding hydrogens is 887 g/mol. The average molecular weight is 964 g/mol. The summed E-state index contributed by atoms with van der Waals surface area (Å²) < 4.78 is 57.7. The van der Waals surface area contributed by atoms with Crippen LogP contribution in [0.4, 0.5) is 11.5 Å². The van der Waals surface area contributed by atoms with Crippen LogP contribution in [0, 0.1) is 11.3 Å². The van der Waals surface area contributed by atoms with Gasteiger partial charge in [-0.2, -0.15) is 5.26 Å². The first-order chi connectivity index (χ1) is 34.0. The maximum absolute atomic E-state index is 10.8. The van der Waals surface area contributed by atoms with Gasteiger partial charge < -0.3 is 63.0 Å². The van der Waals surface area contributed by atoms with Crippen molar-refractivity contribution >= 4 is 45.1 Å². The summed E-state index contributed by atoms with van der Waals surface area (Å²) in [4.78, 5) is 25.3. The quantitative estimate of drug-likeness (QED) is 0.0272. The smallest absolute Gasteiger partial charge is 0.152 e. The third-order valence-electron chi connectivity index (χ3n) is 10.5. The molecule has 0 fully saturated rings. The largest absolute Gasteiger partial charge is 0.382 e. The summed E-state index contributed by atoms with van der Waals surface area (Å²) in [6.45, 7) is 14.6. The Hall–Kier alpha value is -4.65. The molecule has 18 nitrogen and oxygen atoms in total. The lowest BCUT2D eigenvalue weighted by Crippen LogP contribution is -2.16. The maximum Gasteiger partial charge on any atom is 0.152 e. The van der Waals surface area contributed by atoms with Gasteiger partial charge in [-0.3, -0.25) is 9.79 Å². The summed E-state index contributed by atoms with van der Waals surface area (Å²) in [6, 6.07) is 17.8. The van der Waals surface area contributed by atoms with E-state index in [-0.39, 0.29) is 5.78 Å². The van der Waals surface area contributed by atoms with E-state index in [1.165, 1.54) is 0 Å². The summed E-state index contributed by atoms with van der Waals surface area (Å²) in [5.41, 5.74) is 10.6. The summed E-state index contributed by atoms with van der Waals surface area (Å²) in [5.74, 6) is 2.53. The number of ketones is 1.